The quantitative estimate of drug-likeness (QED) is 0.0608. The van der Waals surface area contributed by atoms with Crippen molar-refractivity contribution < 1.29 is 71.9 Å². The Morgan fingerprint density at radius 2 is 0.700 bits per heavy atom. The van der Waals surface area contributed by atoms with Gasteiger partial charge in [0.05, 0.1) is 31.5 Å². The van der Waals surface area contributed by atoms with Gasteiger partial charge < -0.3 is 0 Å². The van der Waals surface area contributed by atoms with Gasteiger partial charge in [-0.3, -0.25) is 24.1 Å². The Labute approximate surface area is 359 Å². The van der Waals surface area contributed by atoms with E-state index in [9.17, 15) is 45.5 Å². The van der Waals surface area contributed by atoms with Crippen molar-refractivity contribution in [2.24, 2.45) is 0 Å². The molecule has 0 spiro atoms. The van der Waals surface area contributed by atoms with E-state index < -0.39 is 116 Å². The van der Waals surface area contributed by atoms with Crippen molar-refractivity contribution in [2.75, 3.05) is 4.90 Å². The van der Waals surface area contributed by atoms with Crippen molar-refractivity contribution in [3.8, 4) is 0 Å². The second-order valence-corrected chi connectivity index (χ2v) is 20.2. The highest BCUT2D eigenvalue weighted by Gasteiger charge is 2.74. The molecule has 0 unspecified atom stereocenters. The molecule has 0 atom stereocenters. The fourth-order valence-corrected chi connectivity index (χ4v) is 8.40. The number of rotatable bonds is 7. The van der Waals surface area contributed by atoms with E-state index in [1.807, 2.05) is 22.6 Å². The first-order chi connectivity index (χ1) is 27.2. The Bertz CT molecular complexity index is 2420. The lowest BCUT2D eigenvalue weighted by molar-refractivity contribution is -0.290. The number of anilines is 1. The molecule has 6 nitrogen and oxygen atoms in total. The number of fused-ring (bicyclic) bond motifs is 2. The minimum atomic E-state index is -6.26. The van der Waals surface area contributed by atoms with Gasteiger partial charge in [-0.15, -0.1) is 0 Å². The van der Waals surface area contributed by atoms with E-state index in [-0.39, 0.29) is 23.1 Å². The molecule has 6 rings (SSSR count). The normalized spacial score (nSPS) is 15.9. The molecule has 2 aliphatic rings. The van der Waals surface area contributed by atoms with E-state index in [1.165, 1.54) is 13.8 Å². The molecule has 0 saturated carbocycles. The molecule has 0 bridgehead atoms. The van der Waals surface area contributed by atoms with Gasteiger partial charge in [0.15, 0.2) is 0 Å². The van der Waals surface area contributed by atoms with Gasteiger partial charge in [0, 0.05) is 3.42 Å². The van der Waals surface area contributed by atoms with Crippen LogP contribution in [-0.4, -0.2) is 56.8 Å². The van der Waals surface area contributed by atoms with Crippen molar-refractivity contribution in [1.29, 1.82) is 0 Å². The van der Waals surface area contributed by atoms with E-state index in [2.05, 4.69) is 0 Å². The summed E-state index contributed by atoms with van der Waals surface area (Å²) in [6.07, 6.45) is -24.6. The minimum Gasteiger partial charge on any atom is -0.269 e. The number of carbonyl (C=O) groups is 4. The predicted molar refractivity (Wildman–Crippen MR) is 208 cm³/mol. The standard InChI is InChI=1S/C40H26F12I2N2O4/c1-33(2,53)19-5-7-20(8-6-19)35(37(41,42)43,38(44,45)46)21-9-13-24(14-10-21)55-29(57)25-15-11-22(17-27(25)30(55)58)36(39(47,48)49,40(50,51)52)23-12-16-26-28(18-23)32(60)56(31(26)59)34(3,4)54/h5-18H,1-4H3. The highest BCUT2D eigenvalue weighted by Crippen LogP contribution is 2.58. The summed E-state index contributed by atoms with van der Waals surface area (Å²) in [4.78, 5) is 54.2. The molecule has 4 aromatic carbocycles. The number of hydrogen-bond acceptors (Lipinski definition) is 4. The molecule has 0 fully saturated rings. The van der Waals surface area contributed by atoms with Gasteiger partial charge >= 0.3 is 24.7 Å². The molecule has 0 aliphatic carbocycles. The van der Waals surface area contributed by atoms with Crippen molar-refractivity contribution in [3.05, 3.63) is 135 Å². The average Bonchev–Trinajstić information content (AvgIpc) is 3.50. The maximum absolute atomic E-state index is 15.2. The molecule has 0 radical (unpaired) electrons. The molecule has 0 aromatic heterocycles. The van der Waals surface area contributed by atoms with E-state index in [0.29, 0.717) is 65.1 Å². The fourth-order valence-electron chi connectivity index (χ4n) is 7.61. The van der Waals surface area contributed by atoms with Crippen LogP contribution in [0.25, 0.3) is 0 Å². The van der Waals surface area contributed by atoms with Crippen LogP contribution in [-0.2, 0) is 14.3 Å². The van der Waals surface area contributed by atoms with Crippen LogP contribution >= 0.6 is 45.2 Å². The summed E-state index contributed by atoms with van der Waals surface area (Å²) in [7, 11) is 0. The van der Waals surface area contributed by atoms with Crippen LogP contribution in [0.2, 0.25) is 0 Å². The molecule has 2 heterocycles. The first kappa shape index (κ1) is 45.3. The third kappa shape index (κ3) is 6.68. The lowest BCUT2D eigenvalue weighted by Crippen LogP contribution is -2.55. The molecule has 4 amide bonds. The van der Waals surface area contributed by atoms with Crippen LogP contribution in [0, 0.1) is 0 Å². The Morgan fingerprint density at radius 1 is 0.400 bits per heavy atom. The van der Waals surface area contributed by atoms with Gasteiger partial charge in [-0.1, -0.05) is 93.7 Å². The summed E-state index contributed by atoms with van der Waals surface area (Å²) >= 11 is 3.62. The summed E-state index contributed by atoms with van der Waals surface area (Å²) in [6, 6.07) is 7.62. The molecule has 0 N–H and O–H groups in total. The van der Waals surface area contributed by atoms with Gasteiger partial charge in [-0.2, -0.15) is 52.7 Å². The maximum Gasteiger partial charge on any atom is 0.411 e. The van der Waals surface area contributed by atoms with Gasteiger partial charge in [0.25, 0.3) is 23.6 Å². The van der Waals surface area contributed by atoms with Gasteiger partial charge in [0.1, 0.15) is 0 Å². The summed E-state index contributed by atoms with van der Waals surface area (Å²) in [6.45, 7) is 6.15. The summed E-state index contributed by atoms with van der Waals surface area (Å²) < 4.78 is 178. The zero-order valence-corrected chi connectivity index (χ0v) is 35.2. The second-order valence-electron chi connectivity index (χ2n) is 14.9. The van der Waals surface area contributed by atoms with Crippen LogP contribution in [0.5, 0.6) is 0 Å². The van der Waals surface area contributed by atoms with Crippen LogP contribution < -0.4 is 4.90 Å². The molecular weight excluding hydrogens is 1050 g/mol. The van der Waals surface area contributed by atoms with Crippen LogP contribution in [0.3, 0.4) is 0 Å². The van der Waals surface area contributed by atoms with Crippen LogP contribution in [0.4, 0.5) is 58.4 Å². The molecule has 60 heavy (non-hydrogen) atoms. The third-order valence-electron chi connectivity index (χ3n) is 10.4. The summed E-state index contributed by atoms with van der Waals surface area (Å²) in [5.41, 5.74) is -18.6. The number of amides is 4. The smallest absolute Gasteiger partial charge is 0.269 e. The van der Waals surface area contributed by atoms with Crippen molar-refractivity contribution in [2.45, 2.75) is 70.2 Å². The summed E-state index contributed by atoms with van der Waals surface area (Å²) in [5, 5.41) is 0. The Kier molecular flexibility index (Phi) is 10.7. The largest absolute Gasteiger partial charge is 0.411 e. The SMILES string of the molecule is CC(C)(I)c1ccc(C(c2ccc(N3C(=O)c4ccc(C(c5ccc6c(c5)C(=O)N(C(C)(C)I)C6=O)(C(F)(F)F)C(F)(F)F)cc4C3=O)cc2)(C(F)(F)F)C(F)(F)F)cc1. The zero-order valence-electron chi connectivity index (χ0n) is 30.9. The molecule has 0 saturated heterocycles. The van der Waals surface area contributed by atoms with E-state index in [1.54, 1.807) is 36.4 Å². The van der Waals surface area contributed by atoms with Crippen LogP contribution in [0.1, 0.15) is 96.9 Å². The topological polar surface area (TPSA) is 74.8 Å². The third-order valence-corrected chi connectivity index (χ3v) is 11.5. The predicted octanol–water partition coefficient (Wildman–Crippen LogP) is 11.7. The Balaban J connectivity index is 1.46. The highest BCUT2D eigenvalue weighted by atomic mass is 127. The number of hydrogen-bond donors (Lipinski definition) is 0. The van der Waals surface area contributed by atoms with Crippen molar-refractivity contribution >= 4 is 74.5 Å². The van der Waals surface area contributed by atoms with E-state index in [4.69, 9.17) is 0 Å². The minimum absolute atomic E-state index is 0.157. The monoisotopic (exact) mass is 1080 g/mol. The fraction of sp³-hybridized carbons (Fsp3) is 0.300. The molecule has 20 heteroatoms. The Morgan fingerprint density at radius 3 is 1.08 bits per heavy atom. The van der Waals surface area contributed by atoms with Crippen molar-refractivity contribution in [1.82, 2.24) is 4.90 Å². The average molecular weight is 1080 g/mol. The zero-order chi connectivity index (χ0) is 45.1. The first-order valence-electron chi connectivity index (χ1n) is 17.2. The van der Waals surface area contributed by atoms with Gasteiger partial charge in [0.2, 0.25) is 10.8 Å². The highest BCUT2D eigenvalue weighted by molar-refractivity contribution is 14.1. The number of imide groups is 2. The number of alkyl halides is 14. The van der Waals surface area contributed by atoms with Crippen LogP contribution in [0.15, 0.2) is 84.9 Å². The number of carbonyl (C=O) groups excluding carboxylic acids is 4. The van der Waals surface area contributed by atoms with Crippen molar-refractivity contribution in [3.63, 3.8) is 0 Å². The van der Waals surface area contributed by atoms with Gasteiger partial charge in [-0.25, -0.2) is 4.90 Å². The molecule has 4 aromatic rings. The van der Waals surface area contributed by atoms with Gasteiger partial charge in [-0.05, 0) is 91.9 Å². The number of halogens is 14. The number of nitrogens with zero attached hydrogens (tertiary/aromatic N) is 2. The molecular formula is C40H26F12I2N2O4. The lowest BCUT2D eigenvalue weighted by Gasteiger charge is -2.38. The lowest BCUT2D eigenvalue weighted by atomic mass is 9.71. The molecule has 318 valence electrons. The summed E-state index contributed by atoms with van der Waals surface area (Å²) in [5.74, 6) is -5.06. The number of benzene rings is 4. The Hall–Kier alpha value is -4.22. The molecule has 2 aliphatic heterocycles. The first-order valence-corrected chi connectivity index (χ1v) is 19.3. The maximum atomic E-state index is 15.2. The second kappa shape index (κ2) is 14.2. The van der Waals surface area contributed by atoms with E-state index >= 15 is 26.3 Å². The van der Waals surface area contributed by atoms with E-state index in [0.717, 1.165) is 12.1 Å².